The highest BCUT2D eigenvalue weighted by Gasteiger charge is 2.39. The van der Waals surface area contributed by atoms with E-state index in [1.165, 1.54) is 28.0 Å². The zero-order chi connectivity index (χ0) is 18.6. The Hall–Kier alpha value is -2.63. The molecule has 0 spiro atoms. The summed E-state index contributed by atoms with van der Waals surface area (Å²) < 4.78 is 0. The van der Waals surface area contributed by atoms with Crippen LogP contribution in [0.5, 0.6) is 0 Å². The molecule has 4 rings (SSSR count). The molecule has 3 nitrogen and oxygen atoms in total. The lowest BCUT2D eigenvalue weighted by molar-refractivity contribution is -0.136. The zero-order valence-corrected chi connectivity index (χ0v) is 16.1. The van der Waals surface area contributed by atoms with Crippen molar-refractivity contribution in [1.82, 2.24) is 4.90 Å². The van der Waals surface area contributed by atoms with Gasteiger partial charge in [-0.05, 0) is 35.6 Å². The minimum absolute atomic E-state index is 0.197. The van der Waals surface area contributed by atoms with Crippen LogP contribution in [0.25, 0.3) is 5.57 Å². The third kappa shape index (κ3) is 3.75. The maximum absolute atomic E-state index is 13.1. The monoisotopic (exact) mass is 391 g/mol. The molecule has 2 heterocycles. The molecule has 1 aromatic heterocycles. The molecule has 0 atom stereocenters. The average Bonchev–Trinajstić information content (AvgIpc) is 3.30. The van der Waals surface area contributed by atoms with Crippen LogP contribution in [0.2, 0.25) is 0 Å². The van der Waals surface area contributed by atoms with Crippen molar-refractivity contribution >= 4 is 40.5 Å². The molecular formula is C22H17NO2S2. The number of benzene rings is 2. The first-order valence-corrected chi connectivity index (χ1v) is 10.3. The third-order valence-electron chi connectivity index (χ3n) is 4.32. The van der Waals surface area contributed by atoms with Crippen LogP contribution in [0, 0.1) is 0 Å². The quantitative estimate of drug-likeness (QED) is 0.563. The van der Waals surface area contributed by atoms with Gasteiger partial charge in [-0.25, -0.2) is 0 Å². The predicted octanol–water partition coefficient (Wildman–Crippen LogP) is 4.86. The summed E-state index contributed by atoms with van der Waals surface area (Å²) in [5, 5.41) is 1.93. The van der Waals surface area contributed by atoms with Crippen molar-refractivity contribution in [1.29, 1.82) is 0 Å². The number of hydrogen-bond acceptors (Lipinski definition) is 4. The van der Waals surface area contributed by atoms with Crippen molar-refractivity contribution in [2.24, 2.45) is 0 Å². The number of carbonyl (C=O) groups excluding carboxylic acids is 2. The minimum atomic E-state index is -0.201. The number of nitrogens with zero attached hydrogens (tertiary/aromatic N) is 1. The van der Waals surface area contributed by atoms with Crippen molar-refractivity contribution in [2.75, 3.05) is 6.54 Å². The lowest BCUT2D eigenvalue weighted by Crippen LogP contribution is -2.33. The first kappa shape index (κ1) is 17.8. The summed E-state index contributed by atoms with van der Waals surface area (Å²) in [6.45, 7) is 0.384. The van der Waals surface area contributed by atoms with E-state index >= 15 is 0 Å². The van der Waals surface area contributed by atoms with E-state index < -0.39 is 0 Å². The average molecular weight is 392 g/mol. The van der Waals surface area contributed by atoms with E-state index in [-0.39, 0.29) is 11.8 Å². The van der Waals surface area contributed by atoms with Crippen LogP contribution in [-0.4, -0.2) is 23.3 Å². The lowest BCUT2D eigenvalue weighted by atomic mass is 10.1. The van der Waals surface area contributed by atoms with E-state index in [0.29, 0.717) is 23.4 Å². The Kier molecular flexibility index (Phi) is 5.23. The summed E-state index contributed by atoms with van der Waals surface area (Å²) in [4.78, 5) is 29.8. The van der Waals surface area contributed by atoms with Gasteiger partial charge in [0, 0.05) is 16.3 Å². The van der Waals surface area contributed by atoms with Gasteiger partial charge in [-0.15, -0.1) is 11.3 Å². The molecule has 1 aliphatic rings. The Labute approximate surface area is 166 Å². The first-order valence-electron chi connectivity index (χ1n) is 8.65. The van der Waals surface area contributed by atoms with Gasteiger partial charge < -0.3 is 0 Å². The Bertz CT molecular complexity index is 980. The van der Waals surface area contributed by atoms with Gasteiger partial charge in [0.25, 0.3) is 11.8 Å². The second-order valence-electron chi connectivity index (χ2n) is 6.09. The number of hydrogen-bond donors (Lipinski definition) is 0. The number of amides is 2. The van der Waals surface area contributed by atoms with Crippen LogP contribution < -0.4 is 0 Å². The molecule has 0 bridgehead atoms. The number of thioether (sulfide) groups is 1. The smallest absolute Gasteiger partial charge is 0.268 e. The van der Waals surface area contributed by atoms with Gasteiger partial charge in [0.05, 0.1) is 10.5 Å². The highest BCUT2D eigenvalue weighted by atomic mass is 32.2. The maximum atomic E-state index is 13.1. The van der Waals surface area contributed by atoms with Gasteiger partial charge in [0.2, 0.25) is 0 Å². The summed E-state index contributed by atoms with van der Waals surface area (Å²) >= 11 is 2.85. The van der Waals surface area contributed by atoms with Crippen LogP contribution in [-0.2, 0) is 16.0 Å². The van der Waals surface area contributed by atoms with Gasteiger partial charge in [-0.3, -0.25) is 14.5 Å². The number of thiophene rings is 1. The van der Waals surface area contributed by atoms with E-state index in [1.54, 1.807) is 0 Å². The fraction of sp³-hybridized carbons (Fsp3) is 0.0909. The fourth-order valence-corrected chi connectivity index (χ4v) is 4.84. The molecule has 2 aromatic carbocycles. The van der Waals surface area contributed by atoms with Gasteiger partial charge in [0.1, 0.15) is 0 Å². The Balaban J connectivity index is 1.63. The molecule has 2 amide bonds. The van der Waals surface area contributed by atoms with Crippen LogP contribution >= 0.6 is 23.1 Å². The molecule has 0 unspecified atom stereocenters. The molecule has 3 aromatic rings. The lowest BCUT2D eigenvalue weighted by Gasteiger charge is -2.15. The number of rotatable bonds is 6. The van der Waals surface area contributed by atoms with Crippen molar-refractivity contribution < 1.29 is 9.59 Å². The number of carbonyl (C=O) groups is 2. The summed E-state index contributed by atoms with van der Waals surface area (Å²) in [6.07, 6.45) is 0.652. The SMILES string of the molecule is O=C1C(Sc2ccccc2)=C(c2cccs2)C(=O)N1CCc1ccccc1. The van der Waals surface area contributed by atoms with Crippen LogP contribution in [0.3, 0.4) is 0 Å². The maximum Gasteiger partial charge on any atom is 0.268 e. The topological polar surface area (TPSA) is 37.4 Å². The Morgan fingerprint density at radius 3 is 2.19 bits per heavy atom. The summed E-state index contributed by atoms with van der Waals surface area (Å²) in [6, 6.07) is 23.4. The highest BCUT2D eigenvalue weighted by molar-refractivity contribution is 8.04. The van der Waals surface area contributed by atoms with Crippen molar-refractivity contribution in [2.45, 2.75) is 11.3 Å². The summed E-state index contributed by atoms with van der Waals surface area (Å²) in [5.41, 5.74) is 1.64. The van der Waals surface area contributed by atoms with Crippen molar-refractivity contribution in [3.8, 4) is 0 Å². The van der Waals surface area contributed by atoms with Crippen molar-refractivity contribution in [3.05, 3.63) is 93.5 Å². The third-order valence-corrected chi connectivity index (χ3v) is 6.30. The number of imide groups is 1. The summed E-state index contributed by atoms with van der Waals surface area (Å²) in [5.74, 6) is -0.398. The first-order chi connectivity index (χ1) is 13.2. The molecule has 0 saturated heterocycles. The van der Waals surface area contributed by atoms with E-state index in [9.17, 15) is 9.59 Å². The standard InChI is InChI=1S/C22H17NO2S2/c24-21-19(18-12-7-15-26-18)20(27-17-10-5-2-6-11-17)22(25)23(21)14-13-16-8-3-1-4-9-16/h1-12,15H,13-14H2. The minimum Gasteiger partial charge on any atom is -0.273 e. The molecular weight excluding hydrogens is 374 g/mol. The molecule has 134 valence electrons. The summed E-state index contributed by atoms with van der Waals surface area (Å²) in [7, 11) is 0. The van der Waals surface area contributed by atoms with E-state index in [0.717, 1.165) is 15.3 Å². The van der Waals surface area contributed by atoms with Crippen LogP contribution in [0.1, 0.15) is 10.4 Å². The van der Waals surface area contributed by atoms with Crippen LogP contribution in [0.15, 0.2) is 88.0 Å². The molecule has 1 aliphatic heterocycles. The molecule has 0 aliphatic carbocycles. The van der Waals surface area contributed by atoms with Gasteiger partial charge in [-0.2, -0.15) is 0 Å². The Morgan fingerprint density at radius 2 is 1.52 bits per heavy atom. The van der Waals surface area contributed by atoms with Gasteiger partial charge >= 0.3 is 0 Å². The molecule has 0 fully saturated rings. The second-order valence-corrected chi connectivity index (χ2v) is 8.13. The fourth-order valence-electron chi connectivity index (χ4n) is 2.98. The van der Waals surface area contributed by atoms with Gasteiger partial charge in [-0.1, -0.05) is 66.4 Å². The largest absolute Gasteiger partial charge is 0.273 e. The molecule has 27 heavy (non-hydrogen) atoms. The predicted molar refractivity (Wildman–Crippen MR) is 110 cm³/mol. The van der Waals surface area contributed by atoms with E-state index in [1.807, 2.05) is 78.2 Å². The normalized spacial score (nSPS) is 14.3. The molecule has 0 radical (unpaired) electrons. The molecule has 0 N–H and O–H groups in total. The second kappa shape index (κ2) is 7.94. The van der Waals surface area contributed by atoms with Crippen molar-refractivity contribution in [3.63, 3.8) is 0 Å². The van der Waals surface area contributed by atoms with E-state index in [2.05, 4.69) is 0 Å². The highest BCUT2D eigenvalue weighted by Crippen LogP contribution is 2.40. The van der Waals surface area contributed by atoms with Crippen LogP contribution in [0.4, 0.5) is 0 Å². The molecule has 5 heteroatoms. The van der Waals surface area contributed by atoms with Gasteiger partial charge in [0.15, 0.2) is 0 Å². The molecule has 0 saturated carbocycles. The Morgan fingerprint density at radius 1 is 0.815 bits per heavy atom. The zero-order valence-electron chi connectivity index (χ0n) is 14.5. The van der Waals surface area contributed by atoms with E-state index in [4.69, 9.17) is 0 Å².